The molecule has 1 aliphatic heterocycles. The molecule has 1 aromatic carbocycles. The summed E-state index contributed by atoms with van der Waals surface area (Å²) in [7, 11) is 1.68. The molecule has 0 radical (unpaired) electrons. The van der Waals surface area contributed by atoms with Gasteiger partial charge in [-0.1, -0.05) is 6.92 Å². The molecule has 5 nitrogen and oxygen atoms in total. The maximum absolute atomic E-state index is 5.23. The Morgan fingerprint density at radius 1 is 1.19 bits per heavy atom. The maximum Gasteiger partial charge on any atom is 0.128 e. The van der Waals surface area contributed by atoms with Crippen LogP contribution in [0.2, 0.25) is 0 Å². The van der Waals surface area contributed by atoms with Gasteiger partial charge in [-0.25, -0.2) is 15.0 Å². The number of benzene rings is 1. The van der Waals surface area contributed by atoms with Crippen LogP contribution in [-0.4, -0.2) is 33.5 Å². The minimum atomic E-state index is 0.866. The first-order valence-electron chi connectivity index (χ1n) is 9.40. The highest BCUT2D eigenvalue weighted by atomic mass is 32.1. The van der Waals surface area contributed by atoms with Crippen LogP contribution in [0.15, 0.2) is 35.8 Å². The Bertz CT molecular complexity index is 907. The van der Waals surface area contributed by atoms with Gasteiger partial charge in [0.25, 0.3) is 0 Å². The summed E-state index contributed by atoms with van der Waals surface area (Å²) in [6.45, 7) is 4.96. The highest BCUT2D eigenvalue weighted by Gasteiger charge is 2.19. The Labute approximate surface area is 164 Å². The molecule has 0 saturated carbocycles. The zero-order chi connectivity index (χ0) is 18.6. The smallest absolute Gasteiger partial charge is 0.128 e. The number of aromatic nitrogens is 3. The lowest BCUT2D eigenvalue weighted by molar-refractivity contribution is 0.242. The summed E-state index contributed by atoms with van der Waals surface area (Å²) in [6, 6.07) is 8.06. The van der Waals surface area contributed by atoms with Gasteiger partial charge in [-0.2, -0.15) is 0 Å². The van der Waals surface area contributed by atoms with Crippen LogP contribution in [-0.2, 0) is 25.9 Å². The van der Waals surface area contributed by atoms with Gasteiger partial charge in [0.2, 0.25) is 0 Å². The molecule has 0 spiro atoms. The highest BCUT2D eigenvalue weighted by Crippen LogP contribution is 2.26. The fourth-order valence-corrected chi connectivity index (χ4v) is 4.21. The van der Waals surface area contributed by atoms with Gasteiger partial charge in [0, 0.05) is 54.3 Å². The van der Waals surface area contributed by atoms with Crippen molar-refractivity contribution in [3.63, 3.8) is 0 Å². The van der Waals surface area contributed by atoms with E-state index in [0.717, 1.165) is 66.7 Å². The van der Waals surface area contributed by atoms with Crippen LogP contribution in [0.1, 0.15) is 35.4 Å². The van der Waals surface area contributed by atoms with E-state index in [1.165, 1.54) is 11.3 Å². The lowest BCUT2D eigenvalue weighted by Crippen LogP contribution is -2.31. The van der Waals surface area contributed by atoms with E-state index in [1.807, 2.05) is 18.3 Å². The van der Waals surface area contributed by atoms with Gasteiger partial charge in [-0.15, -0.1) is 11.3 Å². The van der Waals surface area contributed by atoms with Crippen molar-refractivity contribution >= 4 is 11.3 Å². The first kappa shape index (κ1) is 18.1. The monoisotopic (exact) mass is 380 g/mol. The van der Waals surface area contributed by atoms with Crippen molar-refractivity contribution in [2.24, 2.45) is 0 Å². The summed E-state index contributed by atoms with van der Waals surface area (Å²) in [5, 5.41) is 3.28. The Morgan fingerprint density at radius 3 is 2.81 bits per heavy atom. The Morgan fingerprint density at radius 2 is 2.04 bits per heavy atom. The number of hydrogen-bond donors (Lipinski definition) is 0. The van der Waals surface area contributed by atoms with E-state index in [1.54, 1.807) is 18.4 Å². The van der Waals surface area contributed by atoms with E-state index in [-0.39, 0.29) is 0 Å². The van der Waals surface area contributed by atoms with E-state index < -0.39 is 0 Å². The van der Waals surface area contributed by atoms with Crippen molar-refractivity contribution < 1.29 is 4.74 Å². The van der Waals surface area contributed by atoms with E-state index in [9.17, 15) is 0 Å². The summed E-state index contributed by atoms with van der Waals surface area (Å²) in [5.41, 5.74) is 4.64. The van der Waals surface area contributed by atoms with Crippen molar-refractivity contribution in [2.45, 2.75) is 39.3 Å². The number of methoxy groups -OCH3 is 1. The molecule has 0 N–H and O–H groups in total. The quantitative estimate of drug-likeness (QED) is 0.644. The minimum absolute atomic E-state index is 0.866. The Balaban J connectivity index is 1.42. The average molecular weight is 381 g/mol. The van der Waals surface area contributed by atoms with Crippen molar-refractivity contribution in [1.82, 2.24) is 19.9 Å². The molecule has 2 aromatic heterocycles. The third kappa shape index (κ3) is 4.17. The second kappa shape index (κ2) is 8.15. The number of thiazole rings is 1. The fourth-order valence-electron chi connectivity index (χ4n) is 3.36. The number of hydrogen-bond acceptors (Lipinski definition) is 6. The zero-order valence-electron chi connectivity index (χ0n) is 15.8. The van der Waals surface area contributed by atoms with E-state index >= 15 is 0 Å². The molecule has 1 aliphatic rings. The van der Waals surface area contributed by atoms with Crippen LogP contribution in [0.4, 0.5) is 0 Å². The average Bonchev–Trinajstić information content (AvgIpc) is 3.17. The highest BCUT2D eigenvalue weighted by molar-refractivity contribution is 7.09. The van der Waals surface area contributed by atoms with Gasteiger partial charge < -0.3 is 4.74 Å². The van der Waals surface area contributed by atoms with E-state index in [0.29, 0.717) is 0 Å². The second-order valence-electron chi connectivity index (χ2n) is 6.82. The lowest BCUT2D eigenvalue weighted by Gasteiger charge is -2.27. The molecule has 3 heterocycles. The molecule has 0 bridgehead atoms. The number of rotatable bonds is 6. The molecule has 140 valence electrons. The van der Waals surface area contributed by atoms with Gasteiger partial charge in [0.1, 0.15) is 16.6 Å². The Hall–Kier alpha value is -2.31. The summed E-state index contributed by atoms with van der Waals surface area (Å²) in [6.07, 6.45) is 5.06. The third-order valence-electron chi connectivity index (χ3n) is 4.83. The molecule has 3 aromatic rings. The van der Waals surface area contributed by atoms with Crippen LogP contribution in [0.3, 0.4) is 0 Å². The van der Waals surface area contributed by atoms with Crippen molar-refractivity contribution in [3.8, 4) is 17.0 Å². The maximum atomic E-state index is 5.23. The predicted molar refractivity (Wildman–Crippen MR) is 108 cm³/mol. The number of ether oxygens (including phenoxy) is 1. The van der Waals surface area contributed by atoms with Crippen LogP contribution < -0.4 is 4.74 Å². The molecular weight excluding hydrogens is 356 g/mol. The van der Waals surface area contributed by atoms with Crippen molar-refractivity contribution in [2.75, 3.05) is 13.7 Å². The lowest BCUT2D eigenvalue weighted by atomic mass is 10.1. The zero-order valence-corrected chi connectivity index (χ0v) is 16.6. The van der Waals surface area contributed by atoms with Crippen LogP contribution in [0.25, 0.3) is 11.3 Å². The minimum Gasteiger partial charge on any atom is -0.497 e. The fraction of sp³-hybridized carbons (Fsp3) is 0.381. The van der Waals surface area contributed by atoms with Gasteiger partial charge in [0.05, 0.1) is 19.3 Å². The first-order chi connectivity index (χ1) is 13.2. The molecule has 0 atom stereocenters. The van der Waals surface area contributed by atoms with E-state index in [2.05, 4.69) is 34.3 Å². The van der Waals surface area contributed by atoms with Gasteiger partial charge in [0.15, 0.2) is 0 Å². The van der Waals surface area contributed by atoms with E-state index in [4.69, 9.17) is 14.7 Å². The number of aryl methyl sites for hydroxylation is 1. The Kier molecular flexibility index (Phi) is 5.45. The molecule has 4 rings (SSSR count). The SMILES string of the molecule is CCCc1ncc2c(n1)CCN(Cc1nc(-c3ccc(OC)cc3)cs1)C2. The summed E-state index contributed by atoms with van der Waals surface area (Å²) < 4.78 is 5.23. The second-order valence-corrected chi connectivity index (χ2v) is 7.77. The number of fused-ring (bicyclic) bond motifs is 1. The van der Waals surface area contributed by atoms with Crippen LogP contribution in [0.5, 0.6) is 5.75 Å². The van der Waals surface area contributed by atoms with Crippen molar-refractivity contribution in [1.29, 1.82) is 0 Å². The molecule has 0 fully saturated rings. The van der Waals surface area contributed by atoms with Gasteiger partial charge in [-0.05, 0) is 30.7 Å². The standard InChI is InChI=1S/C21H24N4OS/c1-3-4-20-22-11-16-12-25(10-9-18(16)23-20)13-21-24-19(14-27-21)15-5-7-17(26-2)8-6-15/h5-8,11,14H,3-4,9-10,12-13H2,1-2H3. The molecule has 27 heavy (non-hydrogen) atoms. The first-order valence-corrected chi connectivity index (χ1v) is 10.3. The largest absolute Gasteiger partial charge is 0.497 e. The third-order valence-corrected chi connectivity index (χ3v) is 5.67. The topological polar surface area (TPSA) is 51.1 Å². The van der Waals surface area contributed by atoms with Crippen molar-refractivity contribution in [3.05, 3.63) is 57.9 Å². The predicted octanol–water partition coefficient (Wildman–Crippen LogP) is 4.12. The summed E-state index contributed by atoms with van der Waals surface area (Å²) in [4.78, 5) is 16.5. The van der Waals surface area contributed by atoms with Gasteiger partial charge in [-0.3, -0.25) is 4.90 Å². The molecule has 0 amide bonds. The molecule has 6 heteroatoms. The molecule has 0 saturated heterocycles. The van der Waals surface area contributed by atoms with Crippen LogP contribution in [0, 0.1) is 0 Å². The molecule has 0 aliphatic carbocycles. The van der Waals surface area contributed by atoms with Gasteiger partial charge >= 0.3 is 0 Å². The number of nitrogens with zero attached hydrogens (tertiary/aromatic N) is 4. The summed E-state index contributed by atoms with van der Waals surface area (Å²) in [5.74, 6) is 1.85. The summed E-state index contributed by atoms with van der Waals surface area (Å²) >= 11 is 1.72. The molecule has 0 unspecified atom stereocenters. The normalized spacial score (nSPS) is 14.1. The van der Waals surface area contributed by atoms with Crippen LogP contribution >= 0.6 is 11.3 Å². The molecular formula is C21H24N4OS.